The van der Waals surface area contributed by atoms with Crippen LogP contribution in [-0.4, -0.2) is 70.2 Å². The Morgan fingerprint density at radius 1 is 1.11 bits per heavy atom. The first kappa shape index (κ1) is 17.9. The van der Waals surface area contributed by atoms with Crippen LogP contribution in [0.1, 0.15) is 34.0 Å². The summed E-state index contributed by atoms with van der Waals surface area (Å²) >= 11 is 0. The Labute approximate surface area is 158 Å². The summed E-state index contributed by atoms with van der Waals surface area (Å²) in [4.78, 5) is 26.1. The Kier molecular flexibility index (Phi) is 5.05. The third-order valence-corrected chi connectivity index (χ3v) is 5.47. The number of anilines is 1. The minimum atomic E-state index is -0.0599. The van der Waals surface area contributed by atoms with Crippen LogP contribution in [0.15, 0.2) is 30.5 Å². The molecule has 0 spiro atoms. The second kappa shape index (κ2) is 7.62. The zero-order valence-electron chi connectivity index (χ0n) is 15.2. The molecule has 4 rings (SSSR count). The molecular weight excluding hydrogens is 344 g/mol. The maximum Gasteiger partial charge on any atom is 0.225 e. The molecule has 2 N–H and O–H groups in total. The zero-order valence-corrected chi connectivity index (χ0v) is 15.2. The average Bonchev–Trinajstić information content (AvgIpc) is 2.69. The van der Waals surface area contributed by atoms with Gasteiger partial charge in [0, 0.05) is 51.3 Å². The van der Waals surface area contributed by atoms with Gasteiger partial charge in [-0.1, -0.05) is 18.2 Å². The molecule has 142 valence electrons. The SMILES string of the molecule is O=C1C[C@H](c2ccccc2O)Cc2nc(N3CCN(CCO)CC3)ncc21. The summed E-state index contributed by atoms with van der Waals surface area (Å²) in [5.74, 6) is 0.857. The number of carbonyl (C=O) groups is 1. The number of carbonyl (C=O) groups excluding carboxylic acids is 1. The molecule has 2 aliphatic rings. The molecule has 0 saturated carbocycles. The predicted molar refractivity (Wildman–Crippen MR) is 101 cm³/mol. The van der Waals surface area contributed by atoms with Crippen LogP contribution >= 0.6 is 0 Å². The van der Waals surface area contributed by atoms with Crippen LogP contribution in [0.2, 0.25) is 0 Å². The summed E-state index contributed by atoms with van der Waals surface area (Å²) in [6.45, 7) is 4.19. The van der Waals surface area contributed by atoms with Gasteiger partial charge in [0.15, 0.2) is 5.78 Å². The monoisotopic (exact) mass is 368 g/mol. The highest BCUT2D eigenvalue weighted by Crippen LogP contribution is 2.36. The van der Waals surface area contributed by atoms with Crippen molar-refractivity contribution in [2.75, 3.05) is 44.2 Å². The Bertz CT molecular complexity index is 834. The average molecular weight is 368 g/mol. The van der Waals surface area contributed by atoms with E-state index in [-0.39, 0.29) is 24.1 Å². The highest BCUT2D eigenvalue weighted by Gasteiger charge is 2.30. The molecule has 1 aliphatic carbocycles. The van der Waals surface area contributed by atoms with Crippen molar-refractivity contribution in [3.63, 3.8) is 0 Å². The molecule has 27 heavy (non-hydrogen) atoms. The Morgan fingerprint density at radius 2 is 1.89 bits per heavy atom. The Balaban J connectivity index is 1.54. The number of benzene rings is 1. The third kappa shape index (κ3) is 3.65. The fourth-order valence-corrected chi connectivity index (χ4v) is 3.95. The lowest BCUT2D eigenvalue weighted by molar-refractivity contribution is 0.0962. The lowest BCUT2D eigenvalue weighted by Gasteiger charge is -2.34. The van der Waals surface area contributed by atoms with E-state index in [2.05, 4.69) is 14.8 Å². The van der Waals surface area contributed by atoms with E-state index < -0.39 is 0 Å². The first-order chi connectivity index (χ1) is 13.2. The topological polar surface area (TPSA) is 89.8 Å². The molecule has 1 aliphatic heterocycles. The first-order valence-corrected chi connectivity index (χ1v) is 9.41. The standard InChI is InChI=1S/C20H24N4O3/c25-10-9-23-5-7-24(8-6-23)20-21-13-16-17(22-20)11-14(12-19(16)27)15-3-1-2-4-18(15)26/h1-4,13-14,25-26H,5-12H2/t14-/m1/s1. The molecule has 7 nitrogen and oxygen atoms in total. The largest absolute Gasteiger partial charge is 0.508 e. The van der Waals surface area contributed by atoms with Gasteiger partial charge in [0.1, 0.15) is 5.75 Å². The van der Waals surface area contributed by atoms with Crippen molar-refractivity contribution < 1.29 is 15.0 Å². The summed E-state index contributed by atoms with van der Waals surface area (Å²) in [5.41, 5.74) is 2.17. The Hall–Kier alpha value is -2.51. The van der Waals surface area contributed by atoms with Crippen LogP contribution in [0.4, 0.5) is 5.95 Å². The van der Waals surface area contributed by atoms with Crippen LogP contribution < -0.4 is 4.90 Å². The number of β-amino-alcohol motifs (C(OH)–C–C–N with tert-alkyl or cyclic N) is 1. The van der Waals surface area contributed by atoms with Gasteiger partial charge in [-0.3, -0.25) is 9.69 Å². The van der Waals surface area contributed by atoms with E-state index in [1.54, 1.807) is 18.3 Å². The molecular formula is C20H24N4O3. The molecule has 0 unspecified atom stereocenters. The van der Waals surface area contributed by atoms with Gasteiger partial charge in [0.05, 0.1) is 17.9 Å². The van der Waals surface area contributed by atoms with Crippen LogP contribution in [0.3, 0.4) is 0 Å². The number of para-hydroxylation sites is 1. The smallest absolute Gasteiger partial charge is 0.225 e. The van der Waals surface area contributed by atoms with Crippen molar-refractivity contribution in [3.05, 3.63) is 47.3 Å². The molecule has 1 saturated heterocycles. The van der Waals surface area contributed by atoms with Crippen molar-refractivity contribution >= 4 is 11.7 Å². The van der Waals surface area contributed by atoms with Gasteiger partial charge < -0.3 is 15.1 Å². The molecule has 1 fully saturated rings. The number of piperazine rings is 1. The number of rotatable bonds is 4. The predicted octanol–water partition coefficient (Wildman–Crippen LogP) is 1.21. The lowest BCUT2D eigenvalue weighted by atomic mass is 9.82. The molecule has 0 radical (unpaired) electrons. The lowest BCUT2D eigenvalue weighted by Crippen LogP contribution is -2.47. The fourth-order valence-electron chi connectivity index (χ4n) is 3.95. The van der Waals surface area contributed by atoms with Crippen LogP contribution in [0.25, 0.3) is 0 Å². The summed E-state index contributed by atoms with van der Waals surface area (Å²) in [6, 6.07) is 7.20. The number of aliphatic hydroxyl groups is 1. The van der Waals surface area contributed by atoms with E-state index in [9.17, 15) is 9.90 Å². The van der Waals surface area contributed by atoms with Gasteiger partial charge in [-0.2, -0.15) is 0 Å². The number of fused-ring (bicyclic) bond motifs is 1. The second-order valence-electron chi connectivity index (χ2n) is 7.17. The van der Waals surface area contributed by atoms with Crippen LogP contribution in [-0.2, 0) is 6.42 Å². The molecule has 2 aromatic rings. The molecule has 7 heteroatoms. The maximum atomic E-state index is 12.6. The van der Waals surface area contributed by atoms with Gasteiger partial charge in [-0.15, -0.1) is 0 Å². The maximum absolute atomic E-state index is 12.6. The number of ketones is 1. The van der Waals surface area contributed by atoms with E-state index in [4.69, 9.17) is 10.1 Å². The van der Waals surface area contributed by atoms with Gasteiger partial charge in [-0.05, 0) is 18.1 Å². The summed E-state index contributed by atoms with van der Waals surface area (Å²) in [7, 11) is 0. The third-order valence-electron chi connectivity index (χ3n) is 5.47. The van der Waals surface area contributed by atoms with Crippen molar-refractivity contribution in [1.29, 1.82) is 0 Å². The van der Waals surface area contributed by atoms with E-state index >= 15 is 0 Å². The molecule has 0 amide bonds. The number of aliphatic hydroxyl groups excluding tert-OH is 1. The number of hydrogen-bond donors (Lipinski definition) is 2. The number of phenolic OH excluding ortho intramolecular Hbond substituents is 1. The number of nitrogens with zero attached hydrogens (tertiary/aromatic N) is 4. The normalized spacial score (nSPS) is 20.6. The molecule has 0 bridgehead atoms. The number of hydrogen-bond acceptors (Lipinski definition) is 7. The summed E-state index contributed by atoms with van der Waals surface area (Å²) in [5, 5.41) is 19.2. The minimum absolute atomic E-state index is 0.0313. The van der Waals surface area contributed by atoms with E-state index in [0.717, 1.165) is 37.4 Å². The number of phenols is 1. The van der Waals surface area contributed by atoms with E-state index in [0.29, 0.717) is 30.9 Å². The van der Waals surface area contributed by atoms with Gasteiger partial charge >= 0.3 is 0 Å². The van der Waals surface area contributed by atoms with Gasteiger partial charge in [0.25, 0.3) is 0 Å². The Morgan fingerprint density at radius 3 is 2.63 bits per heavy atom. The quantitative estimate of drug-likeness (QED) is 0.838. The highest BCUT2D eigenvalue weighted by molar-refractivity contribution is 5.98. The minimum Gasteiger partial charge on any atom is -0.508 e. The molecule has 2 heterocycles. The number of aromatic nitrogens is 2. The van der Waals surface area contributed by atoms with Gasteiger partial charge in [0.2, 0.25) is 5.95 Å². The number of Topliss-reactive ketones (excluding diaryl/α,β-unsaturated/α-hetero) is 1. The van der Waals surface area contributed by atoms with Crippen molar-refractivity contribution in [2.24, 2.45) is 0 Å². The van der Waals surface area contributed by atoms with Crippen molar-refractivity contribution in [3.8, 4) is 5.75 Å². The summed E-state index contributed by atoms with van der Waals surface area (Å²) < 4.78 is 0. The number of aromatic hydroxyl groups is 1. The molecule has 1 aromatic carbocycles. The molecule has 1 aromatic heterocycles. The summed E-state index contributed by atoms with van der Waals surface area (Å²) in [6.07, 6.45) is 2.65. The highest BCUT2D eigenvalue weighted by atomic mass is 16.3. The van der Waals surface area contributed by atoms with E-state index in [1.165, 1.54) is 0 Å². The second-order valence-corrected chi connectivity index (χ2v) is 7.17. The van der Waals surface area contributed by atoms with Crippen LogP contribution in [0, 0.1) is 0 Å². The van der Waals surface area contributed by atoms with E-state index in [1.807, 2.05) is 12.1 Å². The molecule has 1 atom stereocenters. The van der Waals surface area contributed by atoms with Crippen molar-refractivity contribution in [1.82, 2.24) is 14.9 Å². The fraction of sp³-hybridized carbons (Fsp3) is 0.450. The zero-order chi connectivity index (χ0) is 18.8. The van der Waals surface area contributed by atoms with Gasteiger partial charge in [-0.25, -0.2) is 9.97 Å². The first-order valence-electron chi connectivity index (χ1n) is 9.41. The van der Waals surface area contributed by atoms with Crippen LogP contribution in [0.5, 0.6) is 5.75 Å². The van der Waals surface area contributed by atoms with Crippen molar-refractivity contribution in [2.45, 2.75) is 18.8 Å².